The Morgan fingerprint density at radius 2 is 1.83 bits per heavy atom. The Kier molecular flexibility index (Phi) is 6.09. The second-order valence-electron chi connectivity index (χ2n) is 5.94. The van der Waals surface area contributed by atoms with Crippen LogP contribution in [0.2, 0.25) is 0 Å². The molecule has 4 heteroatoms. The molecule has 1 saturated heterocycles. The summed E-state index contributed by atoms with van der Waals surface area (Å²) in [5, 5.41) is 12.6. The van der Waals surface area contributed by atoms with Crippen molar-refractivity contribution in [2.45, 2.75) is 64.5 Å². The third-order valence-corrected chi connectivity index (χ3v) is 3.71. The van der Waals surface area contributed by atoms with Crippen molar-refractivity contribution in [1.29, 1.82) is 0 Å². The van der Waals surface area contributed by atoms with Crippen LogP contribution >= 0.6 is 0 Å². The van der Waals surface area contributed by atoms with E-state index in [1.165, 1.54) is 25.7 Å². The zero-order chi connectivity index (χ0) is 13.6. The van der Waals surface area contributed by atoms with E-state index in [4.69, 9.17) is 0 Å². The third-order valence-electron chi connectivity index (χ3n) is 3.71. The van der Waals surface area contributed by atoms with Crippen LogP contribution in [0.25, 0.3) is 0 Å². The number of aliphatic carboxylic acids is 1. The van der Waals surface area contributed by atoms with Crippen molar-refractivity contribution < 1.29 is 9.90 Å². The highest BCUT2D eigenvalue weighted by atomic mass is 16.4. The number of nitrogens with one attached hydrogen (secondary N) is 1. The summed E-state index contributed by atoms with van der Waals surface area (Å²) < 4.78 is 0. The number of carbonyl (C=O) groups is 1. The summed E-state index contributed by atoms with van der Waals surface area (Å²) in [6.07, 6.45) is 5.80. The van der Waals surface area contributed by atoms with Crippen LogP contribution in [-0.2, 0) is 4.79 Å². The van der Waals surface area contributed by atoms with E-state index in [0.717, 1.165) is 19.6 Å². The van der Waals surface area contributed by atoms with Crippen molar-refractivity contribution in [3.05, 3.63) is 0 Å². The first-order valence-electron chi connectivity index (χ1n) is 7.17. The minimum atomic E-state index is -0.805. The van der Waals surface area contributed by atoms with Gasteiger partial charge in [-0.3, -0.25) is 10.1 Å². The van der Waals surface area contributed by atoms with E-state index in [2.05, 4.69) is 10.2 Å². The fraction of sp³-hybridized carbons (Fsp3) is 0.929. The molecule has 0 spiro atoms. The lowest BCUT2D eigenvalue weighted by Gasteiger charge is -2.31. The van der Waals surface area contributed by atoms with E-state index < -0.39 is 11.5 Å². The van der Waals surface area contributed by atoms with Crippen LogP contribution in [0, 0.1) is 0 Å². The number of rotatable bonds is 6. The summed E-state index contributed by atoms with van der Waals surface area (Å²) in [5.74, 6) is -0.744. The molecule has 0 saturated carbocycles. The molecule has 1 unspecified atom stereocenters. The molecule has 0 aliphatic carbocycles. The lowest BCUT2D eigenvalue weighted by Crippen LogP contribution is -2.54. The van der Waals surface area contributed by atoms with Gasteiger partial charge in [-0.1, -0.05) is 12.8 Å². The summed E-state index contributed by atoms with van der Waals surface area (Å²) >= 11 is 0. The molecule has 1 heterocycles. The normalized spacial score (nSPS) is 21.6. The second kappa shape index (κ2) is 7.10. The maximum absolute atomic E-state index is 11.4. The largest absolute Gasteiger partial charge is 0.480 e. The van der Waals surface area contributed by atoms with Crippen LogP contribution in [0.15, 0.2) is 0 Å². The van der Waals surface area contributed by atoms with Gasteiger partial charge in [0.05, 0.1) is 0 Å². The highest BCUT2D eigenvalue weighted by molar-refractivity contribution is 5.78. The van der Waals surface area contributed by atoms with Crippen LogP contribution in [0.5, 0.6) is 0 Å². The van der Waals surface area contributed by atoms with Crippen molar-refractivity contribution in [3.63, 3.8) is 0 Å². The minimum Gasteiger partial charge on any atom is -0.480 e. The lowest BCUT2D eigenvalue weighted by molar-refractivity contribution is -0.145. The molecule has 0 aromatic carbocycles. The monoisotopic (exact) mass is 256 g/mol. The molecule has 1 aliphatic heterocycles. The molecule has 4 nitrogen and oxygen atoms in total. The smallest absolute Gasteiger partial charge is 0.323 e. The summed E-state index contributed by atoms with van der Waals surface area (Å²) in [6.45, 7) is 8.91. The van der Waals surface area contributed by atoms with Crippen molar-refractivity contribution in [3.8, 4) is 0 Å². The molecule has 0 radical (unpaired) electrons. The quantitative estimate of drug-likeness (QED) is 0.764. The zero-order valence-electron chi connectivity index (χ0n) is 12.0. The Balaban J connectivity index is 2.48. The third kappa shape index (κ3) is 4.94. The standard InChI is InChI=1S/C14H28N2O2/c1-12(2)15-14(3,13(17)18)8-11-16-9-6-4-5-7-10-16/h12,15H,4-11H2,1-3H3,(H,17,18). The zero-order valence-corrected chi connectivity index (χ0v) is 12.0. The van der Waals surface area contributed by atoms with E-state index in [1.54, 1.807) is 6.92 Å². The topological polar surface area (TPSA) is 52.6 Å². The molecular weight excluding hydrogens is 228 g/mol. The molecule has 0 bridgehead atoms. The average Bonchev–Trinajstić information content (AvgIpc) is 2.53. The molecular formula is C14H28N2O2. The Labute approximate surface area is 111 Å². The van der Waals surface area contributed by atoms with E-state index in [0.29, 0.717) is 6.42 Å². The van der Waals surface area contributed by atoms with Gasteiger partial charge in [-0.15, -0.1) is 0 Å². The number of carboxylic acids is 1. The van der Waals surface area contributed by atoms with E-state index >= 15 is 0 Å². The van der Waals surface area contributed by atoms with Crippen LogP contribution in [-0.4, -0.2) is 47.2 Å². The molecule has 0 amide bonds. The van der Waals surface area contributed by atoms with Crippen LogP contribution < -0.4 is 5.32 Å². The molecule has 1 rings (SSSR count). The summed E-state index contributed by atoms with van der Waals surface area (Å²) in [5.41, 5.74) is -0.805. The molecule has 106 valence electrons. The maximum atomic E-state index is 11.4. The van der Waals surface area contributed by atoms with Gasteiger partial charge in [0, 0.05) is 12.6 Å². The average molecular weight is 256 g/mol. The number of nitrogens with zero attached hydrogens (tertiary/aromatic N) is 1. The van der Waals surface area contributed by atoms with Gasteiger partial charge in [0.2, 0.25) is 0 Å². The fourth-order valence-corrected chi connectivity index (χ4v) is 2.62. The first-order chi connectivity index (χ1) is 8.44. The van der Waals surface area contributed by atoms with Gasteiger partial charge in [-0.05, 0) is 53.1 Å². The van der Waals surface area contributed by atoms with E-state index in [9.17, 15) is 9.90 Å². The Bertz CT molecular complexity index is 261. The first-order valence-corrected chi connectivity index (χ1v) is 7.17. The van der Waals surface area contributed by atoms with Crippen molar-refractivity contribution in [1.82, 2.24) is 10.2 Å². The summed E-state index contributed by atoms with van der Waals surface area (Å²) in [4.78, 5) is 13.8. The van der Waals surface area contributed by atoms with Gasteiger partial charge in [-0.2, -0.15) is 0 Å². The van der Waals surface area contributed by atoms with Gasteiger partial charge in [0.15, 0.2) is 0 Å². The molecule has 18 heavy (non-hydrogen) atoms. The number of carboxylic acid groups (broad SMARTS) is 1. The number of likely N-dealkylation sites (tertiary alicyclic amines) is 1. The van der Waals surface area contributed by atoms with Crippen molar-refractivity contribution in [2.24, 2.45) is 0 Å². The van der Waals surface area contributed by atoms with Gasteiger partial charge in [0.1, 0.15) is 5.54 Å². The Morgan fingerprint density at radius 3 is 2.28 bits per heavy atom. The van der Waals surface area contributed by atoms with Gasteiger partial charge >= 0.3 is 5.97 Å². The maximum Gasteiger partial charge on any atom is 0.323 e. The summed E-state index contributed by atoms with van der Waals surface area (Å²) in [7, 11) is 0. The highest BCUT2D eigenvalue weighted by Gasteiger charge is 2.33. The van der Waals surface area contributed by atoms with Crippen molar-refractivity contribution in [2.75, 3.05) is 19.6 Å². The number of hydrogen-bond acceptors (Lipinski definition) is 3. The summed E-state index contributed by atoms with van der Waals surface area (Å²) in [6, 6.07) is 0.190. The van der Waals surface area contributed by atoms with Gasteiger partial charge in [-0.25, -0.2) is 0 Å². The number of hydrogen-bond donors (Lipinski definition) is 2. The van der Waals surface area contributed by atoms with Gasteiger partial charge < -0.3 is 10.0 Å². The fourth-order valence-electron chi connectivity index (χ4n) is 2.62. The van der Waals surface area contributed by atoms with E-state index in [-0.39, 0.29) is 6.04 Å². The predicted octanol–water partition coefficient (Wildman–Crippen LogP) is 2.09. The first kappa shape index (κ1) is 15.4. The molecule has 1 aliphatic rings. The minimum absolute atomic E-state index is 0.190. The molecule has 0 aromatic rings. The molecule has 2 N–H and O–H groups in total. The predicted molar refractivity (Wildman–Crippen MR) is 73.8 cm³/mol. The van der Waals surface area contributed by atoms with Crippen molar-refractivity contribution >= 4 is 5.97 Å². The van der Waals surface area contributed by atoms with Crippen LogP contribution in [0.4, 0.5) is 0 Å². The highest BCUT2D eigenvalue weighted by Crippen LogP contribution is 2.15. The lowest BCUT2D eigenvalue weighted by atomic mass is 9.96. The molecule has 1 fully saturated rings. The van der Waals surface area contributed by atoms with Gasteiger partial charge in [0.25, 0.3) is 0 Å². The van der Waals surface area contributed by atoms with Crippen LogP contribution in [0.1, 0.15) is 52.9 Å². The Hall–Kier alpha value is -0.610. The molecule has 1 atom stereocenters. The molecule has 0 aromatic heterocycles. The SMILES string of the molecule is CC(C)NC(C)(CCN1CCCCCC1)C(=O)O. The Morgan fingerprint density at radius 1 is 1.28 bits per heavy atom. The van der Waals surface area contributed by atoms with Crippen LogP contribution in [0.3, 0.4) is 0 Å². The second-order valence-corrected chi connectivity index (χ2v) is 5.94. The van der Waals surface area contributed by atoms with E-state index in [1.807, 2.05) is 13.8 Å².